The molecular formula is C12H25N. The number of nitrogens with one attached hydrogen (secondary N) is 1. The quantitative estimate of drug-likeness (QED) is 0.708. The standard InChI is InChI=1S/C12H25N/c1-9(2)11(4)13-12-7-5-6-10(3)8-12/h9-13H,5-8H2,1-4H3/t10-,11+,12-/m1/s1. The average Bonchev–Trinajstić information content (AvgIpc) is 2.04. The highest BCUT2D eigenvalue weighted by Crippen LogP contribution is 2.24. The Labute approximate surface area is 83.3 Å². The highest BCUT2D eigenvalue weighted by atomic mass is 14.9. The fraction of sp³-hybridized carbons (Fsp3) is 1.00. The Balaban J connectivity index is 2.27. The molecule has 13 heavy (non-hydrogen) atoms. The smallest absolute Gasteiger partial charge is 0.00721 e. The van der Waals surface area contributed by atoms with E-state index in [1.807, 2.05) is 0 Å². The maximum Gasteiger partial charge on any atom is 0.00721 e. The van der Waals surface area contributed by atoms with Gasteiger partial charge in [-0.2, -0.15) is 0 Å². The summed E-state index contributed by atoms with van der Waals surface area (Å²) in [4.78, 5) is 0. The number of hydrogen-bond donors (Lipinski definition) is 1. The van der Waals surface area contributed by atoms with Crippen molar-refractivity contribution in [3.05, 3.63) is 0 Å². The normalized spacial score (nSPS) is 32.1. The largest absolute Gasteiger partial charge is 0.311 e. The molecule has 78 valence electrons. The lowest BCUT2D eigenvalue weighted by atomic mass is 9.86. The fourth-order valence-electron chi connectivity index (χ4n) is 2.15. The topological polar surface area (TPSA) is 12.0 Å². The molecule has 1 nitrogen and oxygen atoms in total. The summed E-state index contributed by atoms with van der Waals surface area (Å²) in [6.07, 6.45) is 5.64. The van der Waals surface area contributed by atoms with E-state index >= 15 is 0 Å². The van der Waals surface area contributed by atoms with Crippen LogP contribution in [0.4, 0.5) is 0 Å². The Bertz CT molecular complexity index is 142. The van der Waals surface area contributed by atoms with Gasteiger partial charge in [0.05, 0.1) is 0 Å². The first-order chi connectivity index (χ1) is 6.09. The van der Waals surface area contributed by atoms with Crippen LogP contribution in [0.3, 0.4) is 0 Å². The maximum atomic E-state index is 3.75. The molecule has 1 aliphatic carbocycles. The van der Waals surface area contributed by atoms with Crippen LogP contribution < -0.4 is 5.32 Å². The molecule has 0 saturated heterocycles. The summed E-state index contributed by atoms with van der Waals surface area (Å²) in [5.74, 6) is 1.70. The minimum absolute atomic E-state index is 0.676. The van der Waals surface area contributed by atoms with Crippen LogP contribution >= 0.6 is 0 Å². The summed E-state index contributed by atoms with van der Waals surface area (Å²) in [5, 5.41) is 3.75. The molecule has 1 rings (SSSR count). The van der Waals surface area contributed by atoms with E-state index in [9.17, 15) is 0 Å². The van der Waals surface area contributed by atoms with Crippen LogP contribution in [0.2, 0.25) is 0 Å². The Morgan fingerprint density at radius 3 is 2.38 bits per heavy atom. The maximum absolute atomic E-state index is 3.75. The van der Waals surface area contributed by atoms with E-state index in [-0.39, 0.29) is 0 Å². The van der Waals surface area contributed by atoms with Gasteiger partial charge in [0, 0.05) is 12.1 Å². The number of hydrogen-bond acceptors (Lipinski definition) is 1. The van der Waals surface area contributed by atoms with E-state index in [0.29, 0.717) is 6.04 Å². The molecule has 0 unspecified atom stereocenters. The second-order valence-corrected chi connectivity index (χ2v) is 5.17. The predicted octanol–water partition coefficient (Wildman–Crippen LogP) is 3.20. The average molecular weight is 183 g/mol. The summed E-state index contributed by atoms with van der Waals surface area (Å²) in [5.41, 5.74) is 0. The Morgan fingerprint density at radius 1 is 1.15 bits per heavy atom. The molecule has 0 aromatic rings. The second-order valence-electron chi connectivity index (χ2n) is 5.17. The summed E-state index contributed by atoms with van der Waals surface area (Å²) in [7, 11) is 0. The van der Waals surface area contributed by atoms with Crippen molar-refractivity contribution in [3.8, 4) is 0 Å². The zero-order valence-corrected chi connectivity index (χ0v) is 9.64. The number of rotatable bonds is 3. The van der Waals surface area contributed by atoms with E-state index < -0.39 is 0 Å². The Kier molecular flexibility index (Phi) is 4.24. The molecule has 0 heterocycles. The van der Waals surface area contributed by atoms with Crippen LogP contribution in [0.1, 0.15) is 53.4 Å². The van der Waals surface area contributed by atoms with Gasteiger partial charge < -0.3 is 5.32 Å². The van der Waals surface area contributed by atoms with Gasteiger partial charge in [-0.3, -0.25) is 0 Å². The highest BCUT2D eigenvalue weighted by Gasteiger charge is 2.20. The van der Waals surface area contributed by atoms with E-state index in [0.717, 1.165) is 17.9 Å². The van der Waals surface area contributed by atoms with Gasteiger partial charge in [0.2, 0.25) is 0 Å². The van der Waals surface area contributed by atoms with Crippen LogP contribution in [0, 0.1) is 11.8 Å². The van der Waals surface area contributed by atoms with Crippen molar-refractivity contribution in [2.45, 2.75) is 65.5 Å². The van der Waals surface area contributed by atoms with Crippen LogP contribution in [0.5, 0.6) is 0 Å². The molecule has 0 amide bonds. The SMILES string of the molecule is CC(C)[C@H](C)N[C@@H]1CCC[C@@H](C)C1. The Morgan fingerprint density at radius 2 is 1.85 bits per heavy atom. The molecule has 1 aliphatic rings. The van der Waals surface area contributed by atoms with Gasteiger partial charge in [-0.1, -0.05) is 33.6 Å². The van der Waals surface area contributed by atoms with Crippen LogP contribution in [-0.4, -0.2) is 12.1 Å². The van der Waals surface area contributed by atoms with Gasteiger partial charge in [-0.25, -0.2) is 0 Å². The van der Waals surface area contributed by atoms with Crippen LogP contribution in [0.15, 0.2) is 0 Å². The molecule has 0 aromatic carbocycles. The molecule has 3 atom stereocenters. The van der Waals surface area contributed by atoms with Crippen molar-refractivity contribution >= 4 is 0 Å². The van der Waals surface area contributed by atoms with E-state index in [1.54, 1.807) is 0 Å². The van der Waals surface area contributed by atoms with Gasteiger partial charge >= 0.3 is 0 Å². The lowest BCUT2D eigenvalue weighted by Crippen LogP contribution is -2.41. The van der Waals surface area contributed by atoms with E-state index in [4.69, 9.17) is 0 Å². The van der Waals surface area contributed by atoms with Crippen molar-refractivity contribution in [2.24, 2.45) is 11.8 Å². The first-order valence-corrected chi connectivity index (χ1v) is 5.85. The zero-order valence-electron chi connectivity index (χ0n) is 9.64. The van der Waals surface area contributed by atoms with Crippen molar-refractivity contribution in [1.82, 2.24) is 5.32 Å². The lowest BCUT2D eigenvalue weighted by Gasteiger charge is -2.31. The monoisotopic (exact) mass is 183 g/mol. The molecule has 0 radical (unpaired) electrons. The fourth-order valence-corrected chi connectivity index (χ4v) is 2.15. The van der Waals surface area contributed by atoms with Gasteiger partial charge in [-0.05, 0) is 31.6 Å². The zero-order chi connectivity index (χ0) is 9.84. The molecule has 0 aliphatic heterocycles. The van der Waals surface area contributed by atoms with Crippen molar-refractivity contribution in [2.75, 3.05) is 0 Å². The van der Waals surface area contributed by atoms with Gasteiger partial charge in [-0.15, -0.1) is 0 Å². The minimum Gasteiger partial charge on any atom is -0.311 e. The van der Waals surface area contributed by atoms with Crippen LogP contribution in [-0.2, 0) is 0 Å². The summed E-state index contributed by atoms with van der Waals surface area (Å²) < 4.78 is 0. The van der Waals surface area contributed by atoms with Crippen LogP contribution in [0.25, 0.3) is 0 Å². The third-order valence-electron chi connectivity index (χ3n) is 3.43. The van der Waals surface area contributed by atoms with Gasteiger partial charge in [0.15, 0.2) is 0 Å². The molecule has 1 N–H and O–H groups in total. The minimum atomic E-state index is 0.676. The molecule has 1 heteroatoms. The van der Waals surface area contributed by atoms with Gasteiger partial charge in [0.25, 0.3) is 0 Å². The third-order valence-corrected chi connectivity index (χ3v) is 3.43. The summed E-state index contributed by atoms with van der Waals surface area (Å²) in [6, 6.07) is 1.47. The molecule has 1 saturated carbocycles. The third kappa shape index (κ3) is 3.68. The van der Waals surface area contributed by atoms with E-state index in [2.05, 4.69) is 33.0 Å². The van der Waals surface area contributed by atoms with Crippen molar-refractivity contribution < 1.29 is 0 Å². The van der Waals surface area contributed by atoms with Crippen molar-refractivity contribution in [1.29, 1.82) is 0 Å². The second kappa shape index (κ2) is 4.99. The first kappa shape index (κ1) is 11.0. The molecule has 1 fully saturated rings. The molecule has 0 bridgehead atoms. The molecular weight excluding hydrogens is 158 g/mol. The molecule has 0 aromatic heterocycles. The first-order valence-electron chi connectivity index (χ1n) is 5.85. The predicted molar refractivity (Wildman–Crippen MR) is 58.9 cm³/mol. The van der Waals surface area contributed by atoms with Gasteiger partial charge in [0.1, 0.15) is 0 Å². The summed E-state index contributed by atoms with van der Waals surface area (Å²) >= 11 is 0. The van der Waals surface area contributed by atoms with Crippen molar-refractivity contribution in [3.63, 3.8) is 0 Å². The summed E-state index contributed by atoms with van der Waals surface area (Å²) in [6.45, 7) is 9.28. The lowest BCUT2D eigenvalue weighted by molar-refractivity contribution is 0.265. The Hall–Kier alpha value is -0.0400. The highest BCUT2D eigenvalue weighted by molar-refractivity contribution is 4.79. The molecule has 0 spiro atoms. The van der Waals surface area contributed by atoms with E-state index in [1.165, 1.54) is 25.7 Å².